The number of hydrogen-bond donors (Lipinski definition) is 1. The Morgan fingerprint density at radius 3 is 2.70 bits per heavy atom. The number of fused-ring (bicyclic) bond motifs is 1. The number of nitrogens with zero attached hydrogens (tertiary/aromatic N) is 3. The lowest BCUT2D eigenvalue weighted by Crippen LogP contribution is -2.40. The number of H-pyrrole nitrogens is 1. The highest BCUT2D eigenvalue weighted by atomic mass is 32.1. The number of hydrogen-bond acceptors (Lipinski definition) is 5. The summed E-state index contributed by atoms with van der Waals surface area (Å²) >= 11 is 1.78. The summed E-state index contributed by atoms with van der Waals surface area (Å²) in [5, 5.41) is 1.14. The summed E-state index contributed by atoms with van der Waals surface area (Å²) in [5.41, 5.74) is 3.13. The third kappa shape index (κ3) is 3.39. The smallest absolute Gasteiger partial charge is 0.247 e. The SMILES string of the molecule is O=c1ccc(-c2ccc3nc(N4CC[C@@H](N5CCCCC5)C4)sc3c2)c[nH]1. The van der Waals surface area contributed by atoms with Crippen LogP contribution in [0, 0.1) is 0 Å². The summed E-state index contributed by atoms with van der Waals surface area (Å²) in [7, 11) is 0. The van der Waals surface area contributed by atoms with Crippen LogP contribution in [0.4, 0.5) is 5.13 Å². The Balaban J connectivity index is 1.37. The van der Waals surface area contributed by atoms with Crippen molar-refractivity contribution in [1.82, 2.24) is 14.9 Å². The van der Waals surface area contributed by atoms with E-state index in [0.29, 0.717) is 6.04 Å². The molecule has 0 amide bonds. The maximum atomic E-state index is 11.3. The van der Waals surface area contributed by atoms with Crippen molar-refractivity contribution in [2.75, 3.05) is 31.1 Å². The highest BCUT2D eigenvalue weighted by Crippen LogP contribution is 2.34. The minimum Gasteiger partial charge on any atom is -0.346 e. The first-order valence-electron chi connectivity index (χ1n) is 9.85. The minimum absolute atomic E-state index is 0.0720. The monoisotopic (exact) mass is 380 g/mol. The Kier molecular flexibility index (Phi) is 4.45. The van der Waals surface area contributed by atoms with Gasteiger partial charge in [0.25, 0.3) is 0 Å². The van der Waals surface area contributed by atoms with E-state index < -0.39 is 0 Å². The van der Waals surface area contributed by atoms with Crippen LogP contribution in [0.3, 0.4) is 0 Å². The minimum atomic E-state index is -0.0720. The Morgan fingerprint density at radius 2 is 1.89 bits per heavy atom. The van der Waals surface area contributed by atoms with Crippen LogP contribution in [0.1, 0.15) is 25.7 Å². The molecule has 2 saturated heterocycles. The van der Waals surface area contributed by atoms with Gasteiger partial charge in [-0.2, -0.15) is 0 Å². The molecule has 0 aliphatic carbocycles. The van der Waals surface area contributed by atoms with Gasteiger partial charge in [0.2, 0.25) is 5.56 Å². The molecule has 0 bridgehead atoms. The third-order valence-corrected chi connectivity index (χ3v) is 6.91. The normalized spacial score (nSPS) is 21.2. The highest BCUT2D eigenvalue weighted by Gasteiger charge is 2.29. The molecule has 5 nitrogen and oxygen atoms in total. The molecule has 140 valence electrons. The van der Waals surface area contributed by atoms with Gasteiger partial charge in [0.15, 0.2) is 5.13 Å². The number of likely N-dealkylation sites (tertiary alicyclic amines) is 1. The topological polar surface area (TPSA) is 52.2 Å². The van der Waals surface area contributed by atoms with E-state index in [-0.39, 0.29) is 5.56 Å². The molecule has 0 saturated carbocycles. The van der Waals surface area contributed by atoms with Crippen molar-refractivity contribution in [2.45, 2.75) is 31.7 Å². The molecule has 2 aliphatic rings. The molecular formula is C21H24N4OS. The van der Waals surface area contributed by atoms with Crippen LogP contribution in [0.5, 0.6) is 0 Å². The van der Waals surface area contributed by atoms with Gasteiger partial charge in [0, 0.05) is 31.4 Å². The fourth-order valence-corrected chi connectivity index (χ4v) is 5.35. The van der Waals surface area contributed by atoms with Crippen molar-refractivity contribution in [2.24, 2.45) is 0 Å². The standard InChI is InChI=1S/C21H24N4OS/c26-20-7-5-16(13-22-20)15-4-6-18-19(12-15)27-21(23-18)25-11-8-17(14-25)24-9-2-1-3-10-24/h4-7,12-13,17H,1-3,8-11,14H2,(H,22,26)/t17-/m1/s1. The number of aromatic nitrogens is 2. The predicted octanol–water partition coefficient (Wildman–Crippen LogP) is 3.72. The lowest BCUT2D eigenvalue weighted by Gasteiger charge is -2.32. The van der Waals surface area contributed by atoms with Crippen molar-refractivity contribution in [1.29, 1.82) is 0 Å². The molecule has 3 aromatic rings. The number of piperidine rings is 1. The largest absolute Gasteiger partial charge is 0.346 e. The first-order valence-corrected chi connectivity index (χ1v) is 10.7. The molecule has 2 fully saturated rings. The van der Waals surface area contributed by atoms with E-state index in [1.54, 1.807) is 23.6 Å². The van der Waals surface area contributed by atoms with Gasteiger partial charge in [-0.15, -0.1) is 0 Å². The number of thiazole rings is 1. The summed E-state index contributed by atoms with van der Waals surface area (Å²) in [4.78, 5) is 24.1. The lowest BCUT2D eigenvalue weighted by molar-refractivity contribution is 0.175. The number of nitrogens with one attached hydrogen (secondary N) is 1. The van der Waals surface area contributed by atoms with Gasteiger partial charge < -0.3 is 9.88 Å². The summed E-state index contributed by atoms with van der Waals surface area (Å²) < 4.78 is 1.20. The summed E-state index contributed by atoms with van der Waals surface area (Å²) in [6.45, 7) is 4.74. The van der Waals surface area contributed by atoms with Crippen LogP contribution in [0.25, 0.3) is 21.3 Å². The average molecular weight is 381 g/mol. The van der Waals surface area contributed by atoms with Crippen LogP contribution in [-0.4, -0.2) is 47.1 Å². The van der Waals surface area contributed by atoms with E-state index in [9.17, 15) is 4.79 Å². The fourth-order valence-electron chi connectivity index (χ4n) is 4.31. The zero-order chi connectivity index (χ0) is 18.2. The van der Waals surface area contributed by atoms with Gasteiger partial charge in [-0.25, -0.2) is 4.98 Å². The molecule has 0 unspecified atom stereocenters. The number of pyridine rings is 1. The maximum Gasteiger partial charge on any atom is 0.247 e. The zero-order valence-electron chi connectivity index (χ0n) is 15.4. The quantitative estimate of drug-likeness (QED) is 0.752. The number of benzene rings is 1. The maximum absolute atomic E-state index is 11.3. The molecule has 6 heteroatoms. The van der Waals surface area contributed by atoms with Crippen LogP contribution in [0.15, 0.2) is 41.3 Å². The van der Waals surface area contributed by atoms with Gasteiger partial charge in [0.1, 0.15) is 0 Å². The van der Waals surface area contributed by atoms with E-state index in [1.165, 1.54) is 43.5 Å². The first-order chi connectivity index (χ1) is 13.3. The van der Waals surface area contributed by atoms with Gasteiger partial charge in [-0.05, 0) is 61.7 Å². The molecule has 4 heterocycles. The Morgan fingerprint density at radius 1 is 1.04 bits per heavy atom. The van der Waals surface area contributed by atoms with Gasteiger partial charge in [-0.3, -0.25) is 9.69 Å². The van der Waals surface area contributed by atoms with Crippen molar-refractivity contribution in [3.63, 3.8) is 0 Å². The molecule has 2 aromatic heterocycles. The van der Waals surface area contributed by atoms with Crippen LogP contribution >= 0.6 is 11.3 Å². The Bertz CT molecular complexity index is 984. The molecule has 0 spiro atoms. The summed E-state index contributed by atoms with van der Waals surface area (Å²) in [6, 6.07) is 10.5. The second-order valence-corrected chi connectivity index (χ2v) is 8.61. The number of aromatic amines is 1. The predicted molar refractivity (Wildman–Crippen MR) is 112 cm³/mol. The Labute approximate surface area is 162 Å². The van der Waals surface area contributed by atoms with E-state index in [4.69, 9.17) is 4.98 Å². The second-order valence-electron chi connectivity index (χ2n) is 7.61. The van der Waals surface area contributed by atoms with Crippen molar-refractivity contribution in [3.8, 4) is 11.1 Å². The van der Waals surface area contributed by atoms with Crippen molar-refractivity contribution in [3.05, 3.63) is 46.9 Å². The molecule has 1 aromatic carbocycles. The number of anilines is 1. The van der Waals surface area contributed by atoms with Crippen molar-refractivity contribution < 1.29 is 0 Å². The molecule has 27 heavy (non-hydrogen) atoms. The van der Waals surface area contributed by atoms with Gasteiger partial charge >= 0.3 is 0 Å². The van der Waals surface area contributed by atoms with Crippen molar-refractivity contribution >= 4 is 26.7 Å². The summed E-state index contributed by atoms with van der Waals surface area (Å²) in [5.74, 6) is 0. The van der Waals surface area contributed by atoms with E-state index in [0.717, 1.165) is 34.9 Å². The molecule has 5 rings (SSSR count). The fraction of sp³-hybridized carbons (Fsp3) is 0.429. The second kappa shape index (κ2) is 7.09. The lowest BCUT2D eigenvalue weighted by atomic mass is 10.1. The Hall–Kier alpha value is -2.18. The zero-order valence-corrected chi connectivity index (χ0v) is 16.2. The molecule has 1 N–H and O–H groups in total. The third-order valence-electron chi connectivity index (χ3n) is 5.84. The van der Waals surface area contributed by atoms with Crippen LogP contribution < -0.4 is 10.5 Å². The molecular weight excluding hydrogens is 356 g/mol. The summed E-state index contributed by atoms with van der Waals surface area (Å²) in [6.07, 6.45) is 7.12. The van der Waals surface area contributed by atoms with Gasteiger partial charge in [0.05, 0.1) is 10.2 Å². The first kappa shape index (κ1) is 17.0. The van der Waals surface area contributed by atoms with Crippen LogP contribution in [-0.2, 0) is 0 Å². The average Bonchev–Trinajstić information content (AvgIpc) is 3.36. The van der Waals surface area contributed by atoms with Gasteiger partial charge in [-0.1, -0.05) is 23.8 Å². The van der Waals surface area contributed by atoms with E-state index in [1.807, 2.05) is 6.07 Å². The number of rotatable bonds is 3. The van der Waals surface area contributed by atoms with Crippen LogP contribution in [0.2, 0.25) is 0 Å². The van der Waals surface area contributed by atoms with E-state index >= 15 is 0 Å². The molecule has 2 aliphatic heterocycles. The molecule has 1 atom stereocenters. The highest BCUT2D eigenvalue weighted by molar-refractivity contribution is 7.22. The van der Waals surface area contributed by atoms with E-state index in [2.05, 4.69) is 33.0 Å². The molecule has 0 radical (unpaired) electrons.